The van der Waals surface area contributed by atoms with Crippen LogP contribution in [0.4, 0.5) is 28.4 Å². The topological polar surface area (TPSA) is 6.48 Å². The number of nitrogens with zero attached hydrogens (tertiary/aromatic N) is 2. The summed E-state index contributed by atoms with van der Waals surface area (Å²) in [6.07, 6.45) is 4.67. The maximum Gasteiger partial charge on any atom is 0.0543 e. The van der Waals surface area contributed by atoms with Crippen LogP contribution in [-0.4, -0.2) is 0 Å². The first-order valence-corrected chi connectivity index (χ1v) is 19.6. The predicted molar refractivity (Wildman–Crippen MR) is 232 cm³/mol. The van der Waals surface area contributed by atoms with Gasteiger partial charge in [0.25, 0.3) is 0 Å². The number of benzene rings is 7. The van der Waals surface area contributed by atoms with Crippen molar-refractivity contribution >= 4 is 28.4 Å². The van der Waals surface area contributed by atoms with Gasteiger partial charge in [-0.3, -0.25) is 0 Å². The maximum absolute atomic E-state index is 2.43. The summed E-state index contributed by atoms with van der Waals surface area (Å²) in [5.41, 5.74) is 20.2. The third-order valence-electron chi connectivity index (χ3n) is 12.7. The van der Waals surface area contributed by atoms with Crippen LogP contribution >= 0.6 is 0 Å². The zero-order valence-corrected chi connectivity index (χ0v) is 32.6. The number of hydrogen-bond acceptors (Lipinski definition) is 2. The van der Waals surface area contributed by atoms with Gasteiger partial charge in [-0.15, -0.1) is 0 Å². The predicted octanol–water partition coefficient (Wildman–Crippen LogP) is 14.4. The quantitative estimate of drug-likeness (QED) is 0.175. The fourth-order valence-electron chi connectivity index (χ4n) is 9.72. The number of allylic oxidation sites excluding steroid dienone is 1. The molecule has 0 unspecified atom stereocenters. The SMILES string of the molecule is CC1(C)C=CN2c3ccccc3C(C)(C)c3ccc(-c4ccc(N(c5ccc(-c6ccccc6)cc5)c5ccc6c(c5)C(C)(C)c5ccccc5-6)cc4)c1c32. The van der Waals surface area contributed by atoms with Crippen molar-refractivity contribution in [2.45, 2.75) is 57.8 Å². The number of hydrogen-bond donors (Lipinski definition) is 0. The lowest BCUT2D eigenvalue weighted by molar-refractivity contribution is 0.609. The van der Waals surface area contributed by atoms with Crippen molar-refractivity contribution in [3.63, 3.8) is 0 Å². The molecule has 0 saturated heterocycles. The molecule has 0 amide bonds. The fraction of sp³-hybridized carbons (Fsp3) is 0.170. The summed E-state index contributed by atoms with van der Waals surface area (Å²) < 4.78 is 0. The van der Waals surface area contributed by atoms with Crippen LogP contribution in [-0.2, 0) is 16.2 Å². The highest BCUT2D eigenvalue weighted by Crippen LogP contribution is 2.57. The molecule has 0 spiro atoms. The Labute approximate surface area is 326 Å². The smallest absolute Gasteiger partial charge is 0.0543 e. The van der Waals surface area contributed by atoms with Crippen LogP contribution in [0, 0.1) is 0 Å². The van der Waals surface area contributed by atoms with E-state index in [0.717, 1.165) is 17.1 Å². The minimum absolute atomic E-state index is 0.0906. The average Bonchev–Trinajstić information content (AvgIpc) is 3.43. The molecular formula is C53H46N2. The van der Waals surface area contributed by atoms with Crippen molar-refractivity contribution in [2.24, 2.45) is 0 Å². The van der Waals surface area contributed by atoms with Crippen LogP contribution in [0.15, 0.2) is 170 Å². The molecule has 2 aliphatic heterocycles. The number of fused-ring (bicyclic) bond motifs is 5. The molecule has 0 N–H and O–H groups in total. The molecule has 2 heterocycles. The second-order valence-corrected chi connectivity index (χ2v) is 17.1. The summed E-state index contributed by atoms with van der Waals surface area (Å²) >= 11 is 0. The van der Waals surface area contributed by atoms with Gasteiger partial charge in [-0.1, -0.05) is 163 Å². The third-order valence-corrected chi connectivity index (χ3v) is 12.7. The van der Waals surface area contributed by atoms with Crippen LogP contribution in [0.25, 0.3) is 33.4 Å². The number of rotatable bonds is 5. The Kier molecular flexibility index (Phi) is 7.26. The van der Waals surface area contributed by atoms with E-state index in [9.17, 15) is 0 Å². The highest BCUT2D eigenvalue weighted by molar-refractivity contribution is 5.91. The molecule has 10 rings (SSSR count). The summed E-state index contributed by atoms with van der Waals surface area (Å²) in [5, 5.41) is 0. The summed E-state index contributed by atoms with van der Waals surface area (Å²) in [4.78, 5) is 4.85. The van der Waals surface area contributed by atoms with Gasteiger partial charge in [0.1, 0.15) is 0 Å². The van der Waals surface area contributed by atoms with Crippen molar-refractivity contribution in [2.75, 3.05) is 9.80 Å². The Balaban J connectivity index is 1.10. The molecule has 268 valence electrons. The Bertz CT molecular complexity index is 2660. The normalized spacial score (nSPS) is 16.1. The first-order valence-electron chi connectivity index (χ1n) is 19.6. The zero-order chi connectivity index (χ0) is 37.7. The molecule has 1 aliphatic carbocycles. The average molecular weight is 711 g/mol. The van der Waals surface area contributed by atoms with E-state index < -0.39 is 0 Å². The number of para-hydroxylation sites is 1. The minimum Gasteiger partial charge on any atom is -0.317 e. The molecule has 0 radical (unpaired) electrons. The molecule has 2 heteroatoms. The van der Waals surface area contributed by atoms with Crippen LogP contribution in [0.3, 0.4) is 0 Å². The van der Waals surface area contributed by atoms with Gasteiger partial charge in [0.2, 0.25) is 0 Å². The summed E-state index contributed by atoms with van der Waals surface area (Å²) in [5.74, 6) is 0. The Morgan fingerprint density at radius 2 is 0.964 bits per heavy atom. The molecule has 7 aromatic carbocycles. The van der Waals surface area contributed by atoms with E-state index in [1.54, 1.807) is 0 Å². The van der Waals surface area contributed by atoms with Gasteiger partial charge in [-0.25, -0.2) is 0 Å². The van der Waals surface area contributed by atoms with E-state index in [2.05, 4.69) is 221 Å². The standard InChI is InChI=1S/C53H46N2/c1-51(2)32-33-54-48-19-13-12-18-45(48)53(5,6)46-31-30-41(49(51)50(46)54)37-22-26-39(27-23-37)55(38-24-20-36(21-25-38)35-14-8-7-9-15-35)40-28-29-43-42-16-10-11-17-44(42)52(3,4)47(43)34-40/h7-34H,1-6H3. The molecule has 7 aromatic rings. The molecule has 0 bridgehead atoms. The van der Waals surface area contributed by atoms with E-state index >= 15 is 0 Å². The molecule has 0 aromatic heterocycles. The van der Waals surface area contributed by atoms with Crippen LogP contribution < -0.4 is 9.80 Å². The van der Waals surface area contributed by atoms with Gasteiger partial charge in [0, 0.05) is 45.2 Å². The lowest BCUT2D eigenvalue weighted by Gasteiger charge is -2.46. The van der Waals surface area contributed by atoms with Crippen molar-refractivity contribution < 1.29 is 0 Å². The Morgan fingerprint density at radius 3 is 1.69 bits per heavy atom. The van der Waals surface area contributed by atoms with E-state index in [4.69, 9.17) is 0 Å². The van der Waals surface area contributed by atoms with Crippen LogP contribution in [0.2, 0.25) is 0 Å². The Morgan fingerprint density at radius 1 is 0.418 bits per heavy atom. The summed E-state index contributed by atoms with van der Waals surface area (Å²) in [6.45, 7) is 14.2. The third kappa shape index (κ3) is 5.01. The van der Waals surface area contributed by atoms with E-state index in [-0.39, 0.29) is 16.2 Å². The van der Waals surface area contributed by atoms with Crippen molar-refractivity contribution in [3.05, 3.63) is 198 Å². The zero-order valence-electron chi connectivity index (χ0n) is 32.6. The second-order valence-electron chi connectivity index (χ2n) is 17.1. The molecule has 0 fully saturated rings. The molecule has 0 saturated carbocycles. The molecule has 0 atom stereocenters. The Hall–Kier alpha value is -6.12. The number of anilines is 5. The van der Waals surface area contributed by atoms with Gasteiger partial charge in [0.15, 0.2) is 0 Å². The molecular weight excluding hydrogens is 665 g/mol. The van der Waals surface area contributed by atoms with Crippen molar-refractivity contribution in [1.82, 2.24) is 0 Å². The highest BCUT2D eigenvalue weighted by atomic mass is 15.2. The van der Waals surface area contributed by atoms with Gasteiger partial charge in [-0.2, -0.15) is 0 Å². The van der Waals surface area contributed by atoms with E-state index in [1.807, 2.05) is 0 Å². The van der Waals surface area contributed by atoms with E-state index in [0.29, 0.717) is 0 Å². The van der Waals surface area contributed by atoms with Crippen LogP contribution in [0.5, 0.6) is 0 Å². The first-order chi connectivity index (χ1) is 26.5. The monoisotopic (exact) mass is 710 g/mol. The fourth-order valence-corrected chi connectivity index (χ4v) is 9.72. The summed E-state index contributed by atoms with van der Waals surface area (Å²) in [6, 6.07) is 58.5. The second kappa shape index (κ2) is 11.9. The van der Waals surface area contributed by atoms with Crippen molar-refractivity contribution in [3.8, 4) is 33.4 Å². The van der Waals surface area contributed by atoms with E-state index in [1.165, 1.54) is 72.6 Å². The lowest BCUT2D eigenvalue weighted by atomic mass is 9.68. The van der Waals surface area contributed by atoms with Gasteiger partial charge >= 0.3 is 0 Å². The summed E-state index contributed by atoms with van der Waals surface area (Å²) in [7, 11) is 0. The van der Waals surface area contributed by atoms with Gasteiger partial charge in [0.05, 0.1) is 5.69 Å². The minimum atomic E-state index is -0.139. The molecule has 3 aliphatic rings. The lowest BCUT2D eigenvalue weighted by Crippen LogP contribution is -2.35. The van der Waals surface area contributed by atoms with Crippen LogP contribution in [0.1, 0.15) is 69.4 Å². The molecule has 55 heavy (non-hydrogen) atoms. The van der Waals surface area contributed by atoms with Gasteiger partial charge < -0.3 is 9.80 Å². The first kappa shape index (κ1) is 33.4. The highest BCUT2D eigenvalue weighted by Gasteiger charge is 2.42. The molecule has 2 nitrogen and oxygen atoms in total. The van der Waals surface area contributed by atoms with Crippen molar-refractivity contribution in [1.29, 1.82) is 0 Å². The van der Waals surface area contributed by atoms with Gasteiger partial charge in [-0.05, 0) is 104 Å². The largest absolute Gasteiger partial charge is 0.317 e. The maximum atomic E-state index is 2.43.